The molecule has 6 heteroatoms. The number of ether oxygens (including phenoxy) is 2. The van der Waals surface area contributed by atoms with Gasteiger partial charge in [0.15, 0.2) is 6.61 Å². The van der Waals surface area contributed by atoms with Crippen molar-refractivity contribution in [2.24, 2.45) is 0 Å². The number of rotatable bonds is 3. The third kappa shape index (κ3) is 3.77. The second kappa shape index (κ2) is 7.01. The fourth-order valence-electron chi connectivity index (χ4n) is 3.49. The predicted octanol–water partition coefficient (Wildman–Crippen LogP) is 2.50. The van der Waals surface area contributed by atoms with Crippen LogP contribution in [0.15, 0.2) is 0 Å². The third-order valence-corrected chi connectivity index (χ3v) is 4.95. The van der Waals surface area contributed by atoms with E-state index in [1.54, 1.807) is 0 Å². The van der Waals surface area contributed by atoms with E-state index in [0.29, 0.717) is 18.6 Å². The monoisotopic (exact) mass is 343 g/mol. The zero-order valence-corrected chi connectivity index (χ0v) is 15.2. The number of carbonyl (C=O) groups excluding carboxylic acids is 1. The number of carbonyl (C=O) groups is 1. The minimum Gasteiger partial charge on any atom is -0.467 e. The molecule has 2 aliphatic rings. The van der Waals surface area contributed by atoms with Gasteiger partial charge in [-0.3, -0.25) is 4.79 Å². The second-order valence-corrected chi connectivity index (χ2v) is 7.40. The first kappa shape index (κ1) is 17.7. The molecule has 0 saturated carbocycles. The SMILES string of the molecule is Cc1nc(OCC(=O)N2CCCCC2)c(C#N)c2c1COC(C)(C)C2. The molecule has 0 bridgehead atoms. The van der Waals surface area contributed by atoms with Crippen molar-refractivity contribution in [3.05, 3.63) is 22.4 Å². The summed E-state index contributed by atoms with van der Waals surface area (Å²) in [5.74, 6) is 0.228. The van der Waals surface area contributed by atoms with E-state index >= 15 is 0 Å². The lowest BCUT2D eigenvalue weighted by atomic mass is 9.88. The molecular formula is C19H25N3O3. The van der Waals surface area contributed by atoms with Crippen LogP contribution in [0.5, 0.6) is 5.88 Å². The van der Waals surface area contributed by atoms with Gasteiger partial charge in [0.1, 0.15) is 11.6 Å². The lowest BCUT2D eigenvalue weighted by Gasteiger charge is -2.33. The van der Waals surface area contributed by atoms with Crippen LogP contribution in [0.4, 0.5) is 0 Å². The zero-order valence-electron chi connectivity index (χ0n) is 15.2. The topological polar surface area (TPSA) is 75.5 Å². The molecule has 1 fully saturated rings. The quantitative estimate of drug-likeness (QED) is 0.843. The van der Waals surface area contributed by atoms with E-state index in [-0.39, 0.29) is 24.0 Å². The van der Waals surface area contributed by atoms with Gasteiger partial charge in [0.05, 0.1) is 12.2 Å². The van der Waals surface area contributed by atoms with E-state index in [0.717, 1.165) is 42.8 Å². The molecule has 0 radical (unpaired) electrons. The lowest BCUT2D eigenvalue weighted by Crippen LogP contribution is -2.38. The van der Waals surface area contributed by atoms with E-state index in [4.69, 9.17) is 9.47 Å². The number of aryl methyl sites for hydroxylation is 1. The highest BCUT2D eigenvalue weighted by Gasteiger charge is 2.31. The van der Waals surface area contributed by atoms with Crippen LogP contribution in [0.1, 0.15) is 55.5 Å². The fraction of sp³-hybridized carbons (Fsp3) is 0.632. The van der Waals surface area contributed by atoms with Gasteiger partial charge in [0.2, 0.25) is 5.88 Å². The molecule has 134 valence electrons. The summed E-state index contributed by atoms with van der Waals surface area (Å²) in [6.07, 6.45) is 3.89. The van der Waals surface area contributed by atoms with Crippen molar-refractivity contribution in [1.29, 1.82) is 5.26 Å². The molecule has 0 N–H and O–H groups in total. The van der Waals surface area contributed by atoms with Crippen molar-refractivity contribution in [3.8, 4) is 11.9 Å². The molecule has 0 spiro atoms. The van der Waals surface area contributed by atoms with Crippen LogP contribution in [-0.2, 0) is 22.6 Å². The number of fused-ring (bicyclic) bond motifs is 1. The lowest BCUT2D eigenvalue weighted by molar-refractivity contribution is -0.134. The molecule has 3 heterocycles. The van der Waals surface area contributed by atoms with Crippen LogP contribution in [0.3, 0.4) is 0 Å². The van der Waals surface area contributed by atoms with Crippen LogP contribution in [-0.4, -0.2) is 41.1 Å². The Labute approximate surface area is 148 Å². The second-order valence-electron chi connectivity index (χ2n) is 7.40. The van der Waals surface area contributed by atoms with Crippen molar-refractivity contribution < 1.29 is 14.3 Å². The first-order chi connectivity index (χ1) is 11.9. The van der Waals surface area contributed by atoms with Gasteiger partial charge in [0, 0.05) is 30.8 Å². The van der Waals surface area contributed by atoms with Crippen molar-refractivity contribution in [1.82, 2.24) is 9.88 Å². The normalized spacial score (nSPS) is 19.0. The Balaban J connectivity index is 1.81. The summed E-state index contributed by atoms with van der Waals surface area (Å²) in [6, 6.07) is 2.22. The first-order valence-electron chi connectivity index (χ1n) is 8.88. The van der Waals surface area contributed by atoms with Crippen molar-refractivity contribution in [2.45, 2.75) is 58.7 Å². The third-order valence-electron chi connectivity index (χ3n) is 4.95. The molecule has 1 amide bonds. The maximum Gasteiger partial charge on any atom is 0.260 e. The predicted molar refractivity (Wildman–Crippen MR) is 92.2 cm³/mol. The van der Waals surface area contributed by atoms with Crippen molar-refractivity contribution in [3.63, 3.8) is 0 Å². The molecule has 6 nitrogen and oxygen atoms in total. The van der Waals surface area contributed by atoms with Gasteiger partial charge in [-0.1, -0.05) is 0 Å². The summed E-state index contributed by atoms with van der Waals surface area (Å²) in [7, 11) is 0. The summed E-state index contributed by atoms with van der Waals surface area (Å²) >= 11 is 0. The maximum atomic E-state index is 12.3. The molecule has 25 heavy (non-hydrogen) atoms. The van der Waals surface area contributed by atoms with Gasteiger partial charge >= 0.3 is 0 Å². The number of likely N-dealkylation sites (tertiary alicyclic amines) is 1. The van der Waals surface area contributed by atoms with Gasteiger partial charge < -0.3 is 14.4 Å². The molecule has 0 aliphatic carbocycles. The molecule has 1 aromatic heterocycles. The summed E-state index contributed by atoms with van der Waals surface area (Å²) in [5, 5.41) is 9.64. The number of pyridine rings is 1. The highest BCUT2D eigenvalue weighted by Crippen LogP contribution is 2.34. The number of aromatic nitrogens is 1. The average molecular weight is 343 g/mol. The maximum absolute atomic E-state index is 12.3. The molecule has 1 aromatic rings. The van der Waals surface area contributed by atoms with Crippen LogP contribution in [0, 0.1) is 18.3 Å². The number of piperidine rings is 1. The van der Waals surface area contributed by atoms with Crippen LogP contribution in [0.2, 0.25) is 0 Å². The minimum absolute atomic E-state index is 0.0376. The highest BCUT2D eigenvalue weighted by molar-refractivity contribution is 5.77. The Morgan fingerprint density at radius 2 is 2.04 bits per heavy atom. The fourth-order valence-corrected chi connectivity index (χ4v) is 3.49. The Bertz CT molecular complexity index is 716. The Kier molecular flexibility index (Phi) is 4.96. The Hall–Kier alpha value is -2.13. The van der Waals surface area contributed by atoms with E-state index in [2.05, 4.69) is 11.1 Å². The number of amides is 1. The first-order valence-corrected chi connectivity index (χ1v) is 8.88. The molecular weight excluding hydrogens is 318 g/mol. The smallest absolute Gasteiger partial charge is 0.260 e. The Morgan fingerprint density at radius 3 is 2.72 bits per heavy atom. The van der Waals surface area contributed by atoms with E-state index in [1.165, 1.54) is 6.42 Å². The minimum atomic E-state index is -0.326. The average Bonchev–Trinajstić information content (AvgIpc) is 2.59. The van der Waals surface area contributed by atoms with Crippen molar-refractivity contribution in [2.75, 3.05) is 19.7 Å². The van der Waals surface area contributed by atoms with Crippen LogP contribution >= 0.6 is 0 Å². The van der Waals surface area contributed by atoms with E-state index in [1.807, 2.05) is 25.7 Å². The number of nitrogens with zero attached hydrogens (tertiary/aromatic N) is 3. The zero-order chi connectivity index (χ0) is 18.0. The van der Waals surface area contributed by atoms with Gasteiger partial charge in [-0.05, 0) is 45.6 Å². The highest BCUT2D eigenvalue weighted by atomic mass is 16.5. The molecule has 3 rings (SSSR count). The Morgan fingerprint density at radius 1 is 1.32 bits per heavy atom. The number of nitriles is 1. The number of hydrogen-bond acceptors (Lipinski definition) is 5. The van der Waals surface area contributed by atoms with Gasteiger partial charge in [-0.25, -0.2) is 4.98 Å². The molecule has 2 aliphatic heterocycles. The molecule has 1 saturated heterocycles. The summed E-state index contributed by atoms with van der Waals surface area (Å²) in [6.45, 7) is 7.86. The molecule has 0 atom stereocenters. The van der Waals surface area contributed by atoms with Gasteiger partial charge in [-0.15, -0.1) is 0 Å². The molecule has 0 aromatic carbocycles. The standard InChI is InChI=1S/C19H25N3O3/c1-13-16-11-25-19(2,3)9-14(16)15(10-20)18(21-13)24-12-17(23)22-7-5-4-6-8-22/h4-9,11-12H2,1-3H3. The van der Waals surface area contributed by atoms with E-state index in [9.17, 15) is 10.1 Å². The molecule has 0 unspecified atom stereocenters. The van der Waals surface area contributed by atoms with Gasteiger partial charge in [0.25, 0.3) is 5.91 Å². The largest absolute Gasteiger partial charge is 0.467 e. The van der Waals surface area contributed by atoms with Crippen LogP contribution < -0.4 is 4.74 Å². The summed E-state index contributed by atoms with van der Waals surface area (Å²) < 4.78 is 11.5. The van der Waals surface area contributed by atoms with Crippen molar-refractivity contribution >= 4 is 5.91 Å². The van der Waals surface area contributed by atoms with Crippen LogP contribution in [0.25, 0.3) is 0 Å². The van der Waals surface area contributed by atoms with E-state index < -0.39 is 0 Å². The summed E-state index contributed by atoms with van der Waals surface area (Å²) in [4.78, 5) is 18.6. The van der Waals surface area contributed by atoms with Gasteiger partial charge in [-0.2, -0.15) is 5.26 Å². The summed E-state index contributed by atoms with van der Waals surface area (Å²) in [5.41, 5.74) is 2.80. The number of hydrogen-bond donors (Lipinski definition) is 0.